The van der Waals surface area contributed by atoms with Gasteiger partial charge in [-0.1, -0.05) is 36.8 Å². The molecular weight excluding hydrogens is 262 g/mol. The van der Waals surface area contributed by atoms with E-state index in [9.17, 15) is 4.79 Å². The Balaban J connectivity index is 1.79. The Morgan fingerprint density at radius 2 is 1.90 bits per heavy atom. The molecule has 2 aromatic rings. The van der Waals surface area contributed by atoms with E-state index in [4.69, 9.17) is 10.8 Å². The van der Waals surface area contributed by atoms with Crippen molar-refractivity contribution in [1.82, 2.24) is 0 Å². The maximum atomic E-state index is 10.5. The van der Waals surface area contributed by atoms with Gasteiger partial charge in [0.1, 0.15) is 0 Å². The fourth-order valence-corrected chi connectivity index (χ4v) is 3.39. The van der Waals surface area contributed by atoms with Gasteiger partial charge in [0.05, 0.1) is 0 Å². The molecule has 0 saturated carbocycles. The summed E-state index contributed by atoms with van der Waals surface area (Å²) in [5.74, 6) is -0.728. The number of benzene rings is 2. The van der Waals surface area contributed by atoms with Gasteiger partial charge < -0.3 is 10.8 Å². The van der Waals surface area contributed by atoms with Crippen LogP contribution in [0.25, 0.3) is 10.8 Å². The Morgan fingerprint density at radius 1 is 1.14 bits per heavy atom. The first-order chi connectivity index (χ1) is 10.2. The first kappa shape index (κ1) is 14.1. The summed E-state index contributed by atoms with van der Waals surface area (Å²) in [5.41, 5.74) is 10.4. The number of nitrogens with two attached hydrogens (primary N) is 1. The van der Waals surface area contributed by atoms with Crippen LogP contribution in [0.4, 0.5) is 0 Å². The van der Waals surface area contributed by atoms with Gasteiger partial charge in [-0.3, -0.25) is 4.79 Å². The summed E-state index contributed by atoms with van der Waals surface area (Å²) in [6.45, 7) is 0. The van der Waals surface area contributed by atoms with E-state index in [0.29, 0.717) is 6.42 Å². The van der Waals surface area contributed by atoms with Gasteiger partial charge >= 0.3 is 5.97 Å². The van der Waals surface area contributed by atoms with Crippen molar-refractivity contribution < 1.29 is 9.90 Å². The van der Waals surface area contributed by atoms with E-state index >= 15 is 0 Å². The van der Waals surface area contributed by atoms with E-state index in [-0.39, 0.29) is 12.5 Å². The molecule has 1 unspecified atom stereocenters. The summed E-state index contributed by atoms with van der Waals surface area (Å²) in [7, 11) is 0. The topological polar surface area (TPSA) is 63.3 Å². The van der Waals surface area contributed by atoms with Crippen LogP contribution in [0.3, 0.4) is 0 Å². The van der Waals surface area contributed by atoms with E-state index in [1.54, 1.807) is 0 Å². The van der Waals surface area contributed by atoms with Gasteiger partial charge in [0.2, 0.25) is 0 Å². The Kier molecular flexibility index (Phi) is 3.93. The van der Waals surface area contributed by atoms with Crippen molar-refractivity contribution in [3.63, 3.8) is 0 Å². The molecule has 3 heteroatoms. The summed E-state index contributed by atoms with van der Waals surface area (Å²) in [4.78, 5) is 10.5. The fraction of sp³-hybridized carbons (Fsp3) is 0.389. The molecule has 1 atom stereocenters. The largest absolute Gasteiger partial charge is 0.481 e. The molecule has 0 fully saturated rings. The smallest absolute Gasteiger partial charge is 0.303 e. The minimum Gasteiger partial charge on any atom is -0.481 e. The molecular formula is C18H21NO2. The number of hydrogen-bond donors (Lipinski definition) is 2. The summed E-state index contributed by atoms with van der Waals surface area (Å²) in [5, 5.41) is 11.4. The molecule has 110 valence electrons. The molecule has 21 heavy (non-hydrogen) atoms. The number of aryl methyl sites for hydroxylation is 2. The highest BCUT2D eigenvalue weighted by molar-refractivity contribution is 5.93. The number of carbonyl (C=O) groups is 1. The van der Waals surface area contributed by atoms with Gasteiger partial charge in [0.25, 0.3) is 0 Å². The predicted molar refractivity (Wildman–Crippen MR) is 84.4 cm³/mol. The minimum atomic E-state index is -0.728. The number of unbranched alkanes of at least 4 members (excludes halogenated alkanes) is 1. The molecule has 1 aliphatic carbocycles. The lowest BCUT2D eigenvalue weighted by atomic mass is 9.93. The van der Waals surface area contributed by atoms with Crippen LogP contribution in [-0.4, -0.2) is 11.1 Å². The fourth-order valence-electron chi connectivity index (χ4n) is 3.39. The van der Waals surface area contributed by atoms with Crippen molar-refractivity contribution in [2.45, 2.75) is 44.6 Å². The van der Waals surface area contributed by atoms with Crippen molar-refractivity contribution in [1.29, 1.82) is 0 Å². The lowest BCUT2D eigenvalue weighted by Gasteiger charge is -2.15. The van der Waals surface area contributed by atoms with E-state index in [1.165, 1.54) is 27.5 Å². The monoisotopic (exact) mass is 283 g/mol. The van der Waals surface area contributed by atoms with Crippen LogP contribution >= 0.6 is 0 Å². The molecule has 2 aromatic carbocycles. The van der Waals surface area contributed by atoms with E-state index in [0.717, 1.165) is 25.7 Å². The molecule has 0 saturated heterocycles. The van der Waals surface area contributed by atoms with Crippen LogP contribution in [0.2, 0.25) is 0 Å². The van der Waals surface area contributed by atoms with Crippen molar-refractivity contribution >= 4 is 16.7 Å². The Labute approximate surface area is 124 Å². The molecule has 0 heterocycles. The van der Waals surface area contributed by atoms with E-state index in [2.05, 4.69) is 30.3 Å². The highest BCUT2D eigenvalue weighted by Gasteiger charge is 2.18. The van der Waals surface area contributed by atoms with Gasteiger partial charge in [-0.25, -0.2) is 0 Å². The van der Waals surface area contributed by atoms with E-state index < -0.39 is 5.97 Å². The maximum absolute atomic E-state index is 10.5. The zero-order chi connectivity index (χ0) is 14.8. The molecule has 0 bridgehead atoms. The quantitative estimate of drug-likeness (QED) is 0.796. The van der Waals surface area contributed by atoms with Gasteiger partial charge in [-0.05, 0) is 53.1 Å². The third-order valence-electron chi connectivity index (χ3n) is 4.47. The Hall–Kier alpha value is -1.87. The van der Waals surface area contributed by atoms with Crippen LogP contribution in [-0.2, 0) is 17.6 Å². The second kappa shape index (κ2) is 5.86. The minimum absolute atomic E-state index is 0.0105. The zero-order valence-electron chi connectivity index (χ0n) is 12.1. The summed E-state index contributed by atoms with van der Waals surface area (Å²) < 4.78 is 0. The predicted octanol–water partition coefficient (Wildman–Crippen LogP) is 3.58. The van der Waals surface area contributed by atoms with Crippen molar-refractivity contribution in [3.05, 3.63) is 47.0 Å². The average molecular weight is 283 g/mol. The lowest BCUT2D eigenvalue weighted by molar-refractivity contribution is -0.137. The zero-order valence-corrected chi connectivity index (χ0v) is 12.1. The van der Waals surface area contributed by atoms with Gasteiger partial charge in [-0.15, -0.1) is 0 Å². The second-order valence-corrected chi connectivity index (χ2v) is 5.90. The Morgan fingerprint density at radius 3 is 2.67 bits per heavy atom. The molecule has 0 aromatic heterocycles. The summed E-state index contributed by atoms with van der Waals surface area (Å²) in [6, 6.07) is 10.9. The van der Waals surface area contributed by atoms with Gasteiger partial charge in [-0.2, -0.15) is 0 Å². The molecule has 3 nitrogen and oxygen atoms in total. The molecule has 3 N–H and O–H groups in total. The first-order valence-corrected chi connectivity index (χ1v) is 7.67. The molecule has 3 rings (SSSR count). The third-order valence-corrected chi connectivity index (χ3v) is 4.47. The summed E-state index contributed by atoms with van der Waals surface area (Å²) >= 11 is 0. The lowest BCUT2D eigenvalue weighted by Crippen LogP contribution is -2.11. The van der Waals surface area contributed by atoms with Crippen LogP contribution in [0.1, 0.15) is 48.4 Å². The highest BCUT2D eigenvalue weighted by atomic mass is 16.4. The normalized spacial score (nSPS) is 14.5. The van der Waals surface area contributed by atoms with Crippen molar-refractivity contribution in [3.8, 4) is 0 Å². The number of aliphatic carboxylic acids is 1. The molecule has 1 aliphatic rings. The van der Waals surface area contributed by atoms with Gasteiger partial charge in [0.15, 0.2) is 0 Å². The van der Waals surface area contributed by atoms with Gasteiger partial charge in [0, 0.05) is 12.5 Å². The highest BCUT2D eigenvalue weighted by Crippen LogP contribution is 2.35. The molecule has 0 amide bonds. The standard InChI is InChI=1S/C18H21NO2/c19-16(6-1-2-7-17(20)21)14-11-10-13-9-8-12-4-3-5-15(14)18(12)13/h3-5,10-11,16H,1-2,6-9,19H2,(H,20,21). The third kappa shape index (κ3) is 2.79. The SMILES string of the molecule is NC(CCCCC(=O)O)c1ccc2c3c(cccc13)CC2. The second-order valence-electron chi connectivity index (χ2n) is 5.90. The maximum Gasteiger partial charge on any atom is 0.303 e. The average Bonchev–Trinajstić information content (AvgIpc) is 2.89. The van der Waals surface area contributed by atoms with Crippen LogP contribution in [0.5, 0.6) is 0 Å². The van der Waals surface area contributed by atoms with E-state index in [1.807, 2.05) is 0 Å². The van der Waals surface area contributed by atoms with Crippen molar-refractivity contribution in [2.24, 2.45) is 5.73 Å². The van der Waals surface area contributed by atoms with Crippen LogP contribution in [0, 0.1) is 0 Å². The number of carboxylic acid groups (broad SMARTS) is 1. The van der Waals surface area contributed by atoms with Crippen molar-refractivity contribution in [2.75, 3.05) is 0 Å². The number of carboxylic acids is 1. The Bertz CT molecular complexity index is 668. The summed E-state index contributed by atoms with van der Waals surface area (Å²) in [6.07, 6.45) is 4.89. The molecule has 0 aliphatic heterocycles. The first-order valence-electron chi connectivity index (χ1n) is 7.67. The molecule has 0 spiro atoms. The number of hydrogen-bond acceptors (Lipinski definition) is 2. The van der Waals surface area contributed by atoms with Crippen LogP contribution < -0.4 is 5.73 Å². The number of rotatable bonds is 6. The molecule has 0 radical (unpaired) electrons. The van der Waals surface area contributed by atoms with Crippen LogP contribution in [0.15, 0.2) is 30.3 Å².